The van der Waals surface area contributed by atoms with E-state index in [-0.39, 0.29) is 6.61 Å². The highest BCUT2D eigenvalue weighted by molar-refractivity contribution is 5.80. The first-order valence-electron chi connectivity index (χ1n) is 8.99. The van der Waals surface area contributed by atoms with Gasteiger partial charge in [-0.25, -0.2) is 4.39 Å². The first kappa shape index (κ1) is 19.0. The molecule has 0 radical (unpaired) electrons. The van der Waals surface area contributed by atoms with Crippen molar-refractivity contribution < 1.29 is 14.6 Å². The Morgan fingerprint density at radius 2 is 1.89 bits per heavy atom. The van der Waals surface area contributed by atoms with E-state index in [0.29, 0.717) is 17.9 Å². The molecule has 1 aliphatic heterocycles. The molecule has 0 atom stereocenters. The maximum absolute atomic E-state index is 13.5. The Balaban J connectivity index is 1.57. The number of halogens is 1. The lowest BCUT2D eigenvalue weighted by Gasteiger charge is -2.37. The normalized spacial score (nSPS) is 15.1. The van der Waals surface area contributed by atoms with Crippen LogP contribution in [-0.4, -0.2) is 54.3 Å². The number of aromatic hydroxyl groups is 1. The number of guanidine groups is 1. The maximum atomic E-state index is 13.5. The van der Waals surface area contributed by atoms with Gasteiger partial charge in [0, 0.05) is 45.3 Å². The van der Waals surface area contributed by atoms with Gasteiger partial charge < -0.3 is 25.3 Å². The molecule has 1 heterocycles. The number of aliphatic imine (C=N–C) groups is 1. The Labute approximate surface area is 158 Å². The first-order chi connectivity index (χ1) is 13.1. The average Bonchev–Trinajstić information content (AvgIpc) is 2.70. The van der Waals surface area contributed by atoms with Crippen molar-refractivity contribution in [2.75, 3.05) is 38.1 Å². The second kappa shape index (κ2) is 8.73. The summed E-state index contributed by atoms with van der Waals surface area (Å²) in [6.45, 7) is 3.30. The molecule has 1 saturated heterocycles. The third-order valence-corrected chi connectivity index (χ3v) is 4.74. The zero-order chi connectivity index (χ0) is 19.2. The van der Waals surface area contributed by atoms with Crippen LogP contribution in [0.25, 0.3) is 0 Å². The van der Waals surface area contributed by atoms with Gasteiger partial charge in [0.2, 0.25) is 0 Å². The fraction of sp³-hybridized carbons (Fsp3) is 0.350. The number of aliphatic hydroxyl groups excluding tert-OH is 1. The number of phenolic OH excluding ortho intramolecular Hbond substituents is 1. The van der Waals surface area contributed by atoms with Crippen LogP contribution in [-0.2, 0) is 13.2 Å². The maximum Gasteiger partial charge on any atom is 0.194 e. The molecule has 1 fully saturated rings. The van der Waals surface area contributed by atoms with Gasteiger partial charge in [0.1, 0.15) is 11.6 Å². The predicted octanol–water partition coefficient (Wildman–Crippen LogP) is 1.92. The minimum Gasteiger partial charge on any atom is -0.506 e. The van der Waals surface area contributed by atoms with Crippen molar-refractivity contribution in [3.8, 4) is 5.75 Å². The predicted molar refractivity (Wildman–Crippen MR) is 104 cm³/mol. The molecule has 3 rings (SSSR count). The number of anilines is 1. The van der Waals surface area contributed by atoms with Crippen molar-refractivity contribution in [3.05, 3.63) is 59.4 Å². The van der Waals surface area contributed by atoms with E-state index in [0.717, 1.165) is 43.4 Å². The molecular formula is C20H25FN4O2. The van der Waals surface area contributed by atoms with Gasteiger partial charge in [-0.05, 0) is 29.8 Å². The fourth-order valence-corrected chi connectivity index (χ4v) is 3.26. The van der Waals surface area contributed by atoms with Crippen molar-refractivity contribution in [2.24, 2.45) is 4.99 Å². The minimum atomic E-state index is -0.397. The molecular weight excluding hydrogens is 347 g/mol. The van der Waals surface area contributed by atoms with Crippen LogP contribution in [0.5, 0.6) is 5.75 Å². The molecule has 0 bridgehead atoms. The minimum absolute atomic E-state index is 0.292. The van der Waals surface area contributed by atoms with E-state index in [1.54, 1.807) is 25.2 Å². The largest absolute Gasteiger partial charge is 0.506 e. The smallest absolute Gasteiger partial charge is 0.194 e. The van der Waals surface area contributed by atoms with Crippen molar-refractivity contribution in [2.45, 2.75) is 13.2 Å². The van der Waals surface area contributed by atoms with Crippen LogP contribution in [0.3, 0.4) is 0 Å². The second-order valence-corrected chi connectivity index (χ2v) is 6.45. The third kappa shape index (κ3) is 4.49. The summed E-state index contributed by atoms with van der Waals surface area (Å²) < 4.78 is 13.5. The number of piperazine rings is 1. The van der Waals surface area contributed by atoms with E-state index in [2.05, 4.69) is 20.1 Å². The summed E-state index contributed by atoms with van der Waals surface area (Å²) in [5.74, 6) is 0.678. The summed E-state index contributed by atoms with van der Waals surface area (Å²) in [4.78, 5) is 8.66. The molecule has 2 aromatic rings. The number of nitrogens with one attached hydrogen (secondary N) is 1. The lowest BCUT2D eigenvalue weighted by Crippen LogP contribution is -2.52. The molecule has 1 aliphatic rings. The molecule has 0 aromatic heterocycles. The molecule has 0 amide bonds. The number of nitrogens with zero attached hydrogens (tertiary/aromatic N) is 3. The highest BCUT2D eigenvalue weighted by atomic mass is 19.1. The van der Waals surface area contributed by atoms with Gasteiger partial charge in [-0.3, -0.25) is 4.99 Å². The van der Waals surface area contributed by atoms with Gasteiger partial charge in [0.05, 0.1) is 12.3 Å². The Kier molecular flexibility index (Phi) is 6.13. The summed E-state index contributed by atoms with van der Waals surface area (Å²) in [6, 6.07) is 12.1. The van der Waals surface area contributed by atoms with Crippen LogP contribution < -0.4 is 10.2 Å². The van der Waals surface area contributed by atoms with Crippen LogP contribution >= 0.6 is 0 Å². The summed E-state index contributed by atoms with van der Waals surface area (Å²) in [7, 11) is 1.74. The van der Waals surface area contributed by atoms with E-state index >= 15 is 0 Å². The number of hydrogen-bond donors (Lipinski definition) is 3. The van der Waals surface area contributed by atoms with Crippen LogP contribution in [0.2, 0.25) is 0 Å². The molecule has 7 heteroatoms. The number of hydrogen-bond acceptors (Lipinski definition) is 4. The molecule has 0 spiro atoms. The average molecular weight is 372 g/mol. The zero-order valence-corrected chi connectivity index (χ0v) is 15.4. The molecule has 3 N–H and O–H groups in total. The Bertz CT molecular complexity index is 804. The molecule has 144 valence electrons. The topological polar surface area (TPSA) is 71.3 Å². The van der Waals surface area contributed by atoms with E-state index in [1.165, 1.54) is 6.07 Å². The Morgan fingerprint density at radius 3 is 2.56 bits per heavy atom. The second-order valence-electron chi connectivity index (χ2n) is 6.45. The number of benzene rings is 2. The number of rotatable bonds is 4. The quantitative estimate of drug-likeness (QED) is 0.565. The summed E-state index contributed by atoms with van der Waals surface area (Å²) in [6.07, 6.45) is 0. The summed E-state index contributed by atoms with van der Waals surface area (Å²) in [5, 5.41) is 22.5. The van der Waals surface area contributed by atoms with E-state index in [9.17, 15) is 14.6 Å². The molecule has 0 unspecified atom stereocenters. The number of aliphatic hydroxyl groups is 1. The Morgan fingerprint density at radius 1 is 1.15 bits per heavy atom. The van der Waals surface area contributed by atoms with Gasteiger partial charge in [0.15, 0.2) is 5.96 Å². The van der Waals surface area contributed by atoms with Crippen LogP contribution in [0.1, 0.15) is 11.1 Å². The number of para-hydroxylation sites is 2. The Hall–Kier alpha value is -2.80. The highest BCUT2D eigenvalue weighted by Crippen LogP contribution is 2.27. The van der Waals surface area contributed by atoms with E-state index < -0.39 is 5.82 Å². The van der Waals surface area contributed by atoms with Crippen molar-refractivity contribution in [3.63, 3.8) is 0 Å². The van der Waals surface area contributed by atoms with E-state index in [4.69, 9.17) is 0 Å². The van der Waals surface area contributed by atoms with Crippen molar-refractivity contribution >= 4 is 11.6 Å². The lowest BCUT2D eigenvalue weighted by molar-refractivity contribution is 0.275. The van der Waals surface area contributed by atoms with Gasteiger partial charge in [-0.2, -0.15) is 0 Å². The van der Waals surface area contributed by atoms with E-state index in [1.807, 2.05) is 18.2 Å². The van der Waals surface area contributed by atoms with Crippen molar-refractivity contribution in [1.29, 1.82) is 0 Å². The van der Waals surface area contributed by atoms with Gasteiger partial charge in [-0.15, -0.1) is 0 Å². The highest BCUT2D eigenvalue weighted by Gasteiger charge is 2.21. The first-order valence-corrected chi connectivity index (χ1v) is 8.99. The van der Waals surface area contributed by atoms with Gasteiger partial charge in [0.25, 0.3) is 0 Å². The third-order valence-electron chi connectivity index (χ3n) is 4.74. The number of phenols is 1. The standard InChI is InChI=1S/C20H25FN4O2/c1-22-20(23-13-15-6-7-17(21)16(12-15)14-26)25-10-8-24(9-11-25)18-4-2-3-5-19(18)27/h2-7,12,26-27H,8-11,13-14H2,1H3,(H,22,23). The molecule has 6 nitrogen and oxygen atoms in total. The van der Waals surface area contributed by atoms with Crippen molar-refractivity contribution in [1.82, 2.24) is 10.2 Å². The summed E-state index contributed by atoms with van der Waals surface area (Å²) >= 11 is 0. The molecule has 0 aliphatic carbocycles. The SMILES string of the molecule is CN=C(NCc1ccc(F)c(CO)c1)N1CCN(c2ccccc2O)CC1. The van der Waals surface area contributed by atoms with Crippen LogP contribution in [0.4, 0.5) is 10.1 Å². The van der Waals surface area contributed by atoms with Crippen LogP contribution in [0, 0.1) is 5.82 Å². The van der Waals surface area contributed by atoms with Gasteiger partial charge >= 0.3 is 0 Å². The monoisotopic (exact) mass is 372 g/mol. The van der Waals surface area contributed by atoms with Crippen LogP contribution in [0.15, 0.2) is 47.5 Å². The lowest BCUT2D eigenvalue weighted by atomic mass is 10.1. The fourth-order valence-electron chi connectivity index (χ4n) is 3.26. The summed E-state index contributed by atoms with van der Waals surface area (Å²) in [5.41, 5.74) is 2.03. The molecule has 0 saturated carbocycles. The zero-order valence-electron chi connectivity index (χ0n) is 15.4. The van der Waals surface area contributed by atoms with Gasteiger partial charge in [-0.1, -0.05) is 18.2 Å². The molecule has 2 aromatic carbocycles. The molecule has 27 heavy (non-hydrogen) atoms.